The monoisotopic (exact) mass is 331 g/mol. The van der Waals surface area contributed by atoms with Gasteiger partial charge in [0.2, 0.25) is 11.8 Å². The Balaban J connectivity index is 1.81. The topological polar surface area (TPSA) is 87.3 Å². The van der Waals surface area contributed by atoms with E-state index in [2.05, 4.69) is 16.0 Å². The molecule has 6 nitrogen and oxygen atoms in total. The Morgan fingerprint density at radius 2 is 1.88 bits per heavy atom. The maximum Gasteiger partial charge on any atom is 0.251 e. The second-order valence-electron chi connectivity index (χ2n) is 6.27. The van der Waals surface area contributed by atoms with E-state index in [1.54, 1.807) is 18.2 Å². The zero-order valence-electron chi connectivity index (χ0n) is 14.3. The Labute approximate surface area is 142 Å². The maximum atomic E-state index is 12.2. The number of nitrogens with one attached hydrogen (secondary N) is 3. The first-order chi connectivity index (χ1) is 11.5. The molecule has 1 fully saturated rings. The summed E-state index contributed by atoms with van der Waals surface area (Å²) < 4.78 is 0. The van der Waals surface area contributed by atoms with Crippen LogP contribution in [-0.2, 0) is 9.59 Å². The first-order valence-corrected chi connectivity index (χ1v) is 8.41. The van der Waals surface area contributed by atoms with Gasteiger partial charge >= 0.3 is 0 Å². The molecule has 0 spiro atoms. The molecule has 0 aliphatic heterocycles. The standard InChI is InChI=1S/C18H25N3O3/c1-12-7-8-14(11-16(12)20-13(2)22)18(24)19-10-9-17(23)21-15-5-3-4-6-15/h7-8,11,15H,3-6,9-10H2,1-2H3,(H,19,24)(H,20,22)(H,21,23). The van der Waals surface area contributed by atoms with E-state index >= 15 is 0 Å². The van der Waals surface area contributed by atoms with E-state index in [-0.39, 0.29) is 24.1 Å². The molecule has 0 heterocycles. The van der Waals surface area contributed by atoms with Gasteiger partial charge in [-0.3, -0.25) is 14.4 Å². The third kappa shape index (κ3) is 5.37. The largest absolute Gasteiger partial charge is 0.353 e. The summed E-state index contributed by atoms with van der Waals surface area (Å²) in [5.41, 5.74) is 1.97. The van der Waals surface area contributed by atoms with Crippen LogP contribution in [0.15, 0.2) is 18.2 Å². The molecule has 6 heteroatoms. The Morgan fingerprint density at radius 3 is 2.54 bits per heavy atom. The Kier molecular flexibility index (Phi) is 6.35. The first kappa shape index (κ1) is 18.0. The first-order valence-electron chi connectivity index (χ1n) is 8.41. The van der Waals surface area contributed by atoms with Crippen LogP contribution >= 0.6 is 0 Å². The second-order valence-corrected chi connectivity index (χ2v) is 6.27. The lowest BCUT2D eigenvalue weighted by molar-refractivity contribution is -0.121. The average molecular weight is 331 g/mol. The molecule has 2 rings (SSSR count). The SMILES string of the molecule is CC(=O)Nc1cc(C(=O)NCCC(=O)NC2CCCC2)ccc1C. The van der Waals surface area contributed by atoms with Gasteiger partial charge in [0, 0.05) is 37.2 Å². The van der Waals surface area contributed by atoms with Gasteiger partial charge in [-0.05, 0) is 37.5 Å². The van der Waals surface area contributed by atoms with E-state index in [9.17, 15) is 14.4 Å². The molecule has 0 saturated heterocycles. The Bertz CT molecular complexity index is 622. The van der Waals surface area contributed by atoms with Crippen LogP contribution in [0.5, 0.6) is 0 Å². The summed E-state index contributed by atoms with van der Waals surface area (Å²) in [5, 5.41) is 8.44. The highest BCUT2D eigenvalue weighted by atomic mass is 16.2. The number of amides is 3. The minimum Gasteiger partial charge on any atom is -0.353 e. The molecule has 1 saturated carbocycles. The lowest BCUT2D eigenvalue weighted by atomic mass is 10.1. The fourth-order valence-corrected chi connectivity index (χ4v) is 2.85. The summed E-state index contributed by atoms with van der Waals surface area (Å²) in [4.78, 5) is 35.2. The summed E-state index contributed by atoms with van der Waals surface area (Å²) in [6.07, 6.45) is 4.71. The van der Waals surface area contributed by atoms with Crippen molar-refractivity contribution in [2.24, 2.45) is 0 Å². The van der Waals surface area contributed by atoms with Crippen LogP contribution in [0.1, 0.15) is 54.9 Å². The number of hydrogen-bond acceptors (Lipinski definition) is 3. The summed E-state index contributed by atoms with van der Waals surface area (Å²) in [6, 6.07) is 5.43. The van der Waals surface area contributed by atoms with Crippen LogP contribution in [0, 0.1) is 6.92 Å². The van der Waals surface area contributed by atoms with Crippen LogP contribution in [0.25, 0.3) is 0 Å². The van der Waals surface area contributed by atoms with Crippen molar-refractivity contribution in [3.8, 4) is 0 Å². The molecule has 130 valence electrons. The molecular formula is C18H25N3O3. The van der Waals surface area contributed by atoms with E-state index in [1.807, 2.05) is 6.92 Å². The van der Waals surface area contributed by atoms with Gasteiger partial charge in [-0.15, -0.1) is 0 Å². The van der Waals surface area contributed by atoms with Crippen LogP contribution in [-0.4, -0.2) is 30.3 Å². The van der Waals surface area contributed by atoms with Crippen molar-refractivity contribution < 1.29 is 14.4 Å². The minimum absolute atomic E-state index is 0.0231. The van der Waals surface area contributed by atoms with Crippen molar-refractivity contribution in [1.82, 2.24) is 10.6 Å². The maximum absolute atomic E-state index is 12.2. The predicted octanol–water partition coefficient (Wildman–Crippen LogP) is 2.13. The highest BCUT2D eigenvalue weighted by Gasteiger charge is 2.17. The number of benzene rings is 1. The lowest BCUT2D eigenvalue weighted by Crippen LogP contribution is -2.35. The lowest BCUT2D eigenvalue weighted by Gasteiger charge is -2.12. The van der Waals surface area contributed by atoms with E-state index in [0.29, 0.717) is 23.8 Å². The van der Waals surface area contributed by atoms with Gasteiger partial charge in [-0.25, -0.2) is 0 Å². The van der Waals surface area contributed by atoms with Crippen molar-refractivity contribution in [3.05, 3.63) is 29.3 Å². The molecule has 1 aromatic carbocycles. The van der Waals surface area contributed by atoms with Gasteiger partial charge < -0.3 is 16.0 Å². The number of carbonyl (C=O) groups is 3. The molecule has 1 aliphatic carbocycles. The highest BCUT2D eigenvalue weighted by molar-refractivity contribution is 5.97. The van der Waals surface area contributed by atoms with Crippen LogP contribution in [0.2, 0.25) is 0 Å². The summed E-state index contributed by atoms with van der Waals surface area (Å²) in [7, 11) is 0. The number of hydrogen-bond donors (Lipinski definition) is 3. The Morgan fingerprint density at radius 1 is 1.17 bits per heavy atom. The van der Waals surface area contributed by atoms with Crippen molar-refractivity contribution in [2.75, 3.05) is 11.9 Å². The number of aryl methyl sites for hydroxylation is 1. The van der Waals surface area contributed by atoms with Gasteiger partial charge in [-0.1, -0.05) is 18.9 Å². The van der Waals surface area contributed by atoms with Crippen molar-refractivity contribution in [2.45, 2.75) is 52.0 Å². The zero-order valence-corrected chi connectivity index (χ0v) is 14.3. The molecule has 1 aromatic rings. The highest BCUT2D eigenvalue weighted by Crippen LogP contribution is 2.18. The molecule has 0 radical (unpaired) electrons. The molecule has 1 aliphatic rings. The van der Waals surface area contributed by atoms with Crippen molar-refractivity contribution >= 4 is 23.4 Å². The summed E-state index contributed by atoms with van der Waals surface area (Å²) in [5.74, 6) is -0.459. The molecule has 3 N–H and O–H groups in total. The van der Waals surface area contributed by atoms with Gasteiger partial charge in [0.05, 0.1) is 0 Å². The van der Waals surface area contributed by atoms with Crippen molar-refractivity contribution in [1.29, 1.82) is 0 Å². The van der Waals surface area contributed by atoms with Gasteiger partial charge in [0.1, 0.15) is 0 Å². The van der Waals surface area contributed by atoms with E-state index in [1.165, 1.54) is 19.8 Å². The normalized spacial score (nSPS) is 14.2. The minimum atomic E-state index is -0.254. The molecule has 0 atom stereocenters. The fourth-order valence-electron chi connectivity index (χ4n) is 2.85. The molecule has 3 amide bonds. The van der Waals surface area contributed by atoms with E-state index in [0.717, 1.165) is 18.4 Å². The quantitative estimate of drug-likeness (QED) is 0.746. The Hall–Kier alpha value is -2.37. The van der Waals surface area contributed by atoms with E-state index in [4.69, 9.17) is 0 Å². The summed E-state index contributed by atoms with van der Waals surface area (Å²) >= 11 is 0. The number of rotatable bonds is 6. The van der Waals surface area contributed by atoms with Gasteiger partial charge in [0.25, 0.3) is 5.91 Å². The fraction of sp³-hybridized carbons (Fsp3) is 0.500. The summed E-state index contributed by atoms with van der Waals surface area (Å²) in [6.45, 7) is 3.58. The molecule has 0 aromatic heterocycles. The van der Waals surface area contributed by atoms with Gasteiger partial charge in [-0.2, -0.15) is 0 Å². The smallest absolute Gasteiger partial charge is 0.251 e. The van der Waals surface area contributed by atoms with Crippen molar-refractivity contribution in [3.63, 3.8) is 0 Å². The van der Waals surface area contributed by atoms with Crippen LogP contribution < -0.4 is 16.0 Å². The predicted molar refractivity (Wildman–Crippen MR) is 92.8 cm³/mol. The molecule has 24 heavy (non-hydrogen) atoms. The zero-order chi connectivity index (χ0) is 17.5. The molecule has 0 bridgehead atoms. The average Bonchev–Trinajstić information content (AvgIpc) is 3.01. The molecule has 0 unspecified atom stereocenters. The molecular weight excluding hydrogens is 306 g/mol. The van der Waals surface area contributed by atoms with Gasteiger partial charge in [0.15, 0.2) is 0 Å². The number of carbonyl (C=O) groups excluding carboxylic acids is 3. The third-order valence-electron chi connectivity index (χ3n) is 4.17. The third-order valence-corrected chi connectivity index (χ3v) is 4.17. The second kappa shape index (κ2) is 8.47. The van der Waals surface area contributed by atoms with Crippen LogP contribution in [0.4, 0.5) is 5.69 Å². The van der Waals surface area contributed by atoms with E-state index < -0.39 is 0 Å². The van der Waals surface area contributed by atoms with Crippen LogP contribution in [0.3, 0.4) is 0 Å². The number of anilines is 1.